The van der Waals surface area contributed by atoms with E-state index in [2.05, 4.69) is 4.74 Å². The molecule has 0 bridgehead atoms. The number of amides is 3. The molecule has 0 aromatic heterocycles. The number of anilines is 1. The first-order chi connectivity index (χ1) is 8.93. The maximum absolute atomic E-state index is 11.7. The van der Waals surface area contributed by atoms with Crippen LogP contribution in [-0.4, -0.2) is 31.6 Å². The summed E-state index contributed by atoms with van der Waals surface area (Å²) >= 11 is 0. The molecule has 1 aromatic rings. The zero-order chi connectivity index (χ0) is 14.4. The number of methoxy groups -OCH3 is 1. The molecule has 19 heavy (non-hydrogen) atoms. The Bertz CT molecular complexity index is 515. The number of hydrogen-bond acceptors (Lipinski definition) is 6. The van der Waals surface area contributed by atoms with Crippen LogP contribution in [0, 0.1) is 0 Å². The van der Waals surface area contributed by atoms with Crippen LogP contribution in [0.1, 0.15) is 10.4 Å². The average Bonchev–Trinajstić information content (AvgIpc) is 2.35. The number of carbonyl (C=O) groups excluding carboxylic acids is 3. The second kappa shape index (κ2) is 6.24. The quantitative estimate of drug-likeness (QED) is 0.503. The molecule has 0 atom stereocenters. The van der Waals surface area contributed by atoms with E-state index in [1.807, 2.05) is 0 Å². The van der Waals surface area contributed by atoms with Crippen LogP contribution in [0.4, 0.5) is 10.5 Å². The van der Waals surface area contributed by atoms with Gasteiger partial charge in [-0.3, -0.25) is 10.1 Å². The second-order valence-corrected chi connectivity index (χ2v) is 3.44. The molecule has 1 aromatic carbocycles. The minimum Gasteiger partial charge on any atom is -0.497 e. The topological polar surface area (TPSA) is 134 Å². The number of imide groups is 1. The van der Waals surface area contributed by atoms with Crippen LogP contribution in [-0.2, 0) is 9.53 Å². The highest BCUT2D eigenvalue weighted by Crippen LogP contribution is 2.20. The summed E-state index contributed by atoms with van der Waals surface area (Å²) in [6, 6.07) is 3.40. The van der Waals surface area contributed by atoms with Crippen LogP contribution in [0.15, 0.2) is 18.2 Å². The van der Waals surface area contributed by atoms with Gasteiger partial charge in [0.25, 0.3) is 5.91 Å². The van der Waals surface area contributed by atoms with Crippen molar-refractivity contribution in [2.45, 2.75) is 0 Å². The lowest BCUT2D eigenvalue weighted by Gasteiger charge is -2.08. The van der Waals surface area contributed by atoms with Crippen LogP contribution in [0.25, 0.3) is 0 Å². The molecule has 102 valence electrons. The average molecular weight is 267 g/mol. The van der Waals surface area contributed by atoms with Crippen LogP contribution >= 0.6 is 0 Å². The molecule has 0 saturated carbocycles. The van der Waals surface area contributed by atoms with Gasteiger partial charge < -0.3 is 20.9 Å². The Balaban J connectivity index is 2.68. The van der Waals surface area contributed by atoms with Gasteiger partial charge in [0, 0.05) is 5.69 Å². The molecule has 0 radical (unpaired) electrons. The summed E-state index contributed by atoms with van der Waals surface area (Å²) in [4.78, 5) is 33.1. The fourth-order valence-corrected chi connectivity index (χ4v) is 1.22. The van der Waals surface area contributed by atoms with Gasteiger partial charge in [0.1, 0.15) is 5.75 Å². The Morgan fingerprint density at radius 2 is 2.00 bits per heavy atom. The van der Waals surface area contributed by atoms with Gasteiger partial charge in [0.2, 0.25) is 0 Å². The monoisotopic (exact) mass is 267 g/mol. The van der Waals surface area contributed by atoms with E-state index in [1.165, 1.54) is 19.2 Å². The van der Waals surface area contributed by atoms with E-state index in [1.54, 1.807) is 11.4 Å². The number of ether oxygens (including phenoxy) is 2. The number of urea groups is 1. The van der Waals surface area contributed by atoms with E-state index in [0.29, 0.717) is 5.75 Å². The van der Waals surface area contributed by atoms with Crippen molar-refractivity contribution in [2.24, 2.45) is 5.73 Å². The van der Waals surface area contributed by atoms with E-state index >= 15 is 0 Å². The first-order valence-corrected chi connectivity index (χ1v) is 5.14. The Labute approximate surface area is 108 Å². The van der Waals surface area contributed by atoms with E-state index in [-0.39, 0.29) is 11.3 Å². The smallest absolute Gasteiger partial charge is 0.340 e. The predicted octanol–water partition coefficient (Wildman–Crippen LogP) is -0.371. The Kier molecular flexibility index (Phi) is 4.69. The fourth-order valence-electron chi connectivity index (χ4n) is 1.22. The minimum absolute atomic E-state index is 0.0613. The standard InChI is InChI=1S/C11H13N3O5/c1-18-6-2-3-8(12)7(4-6)10(16)19-5-9(15)14-11(13)17/h2-4H,5,12H2,1H3,(H3,13,14,15,17). The number of nitrogen functional groups attached to an aromatic ring is 1. The van der Waals surface area contributed by atoms with Crippen molar-refractivity contribution in [3.63, 3.8) is 0 Å². The van der Waals surface area contributed by atoms with Gasteiger partial charge >= 0.3 is 12.0 Å². The molecule has 0 fully saturated rings. The maximum Gasteiger partial charge on any atom is 0.340 e. The molecule has 0 aliphatic rings. The van der Waals surface area contributed by atoms with Gasteiger partial charge in [-0.2, -0.15) is 0 Å². The van der Waals surface area contributed by atoms with Crippen molar-refractivity contribution in [3.05, 3.63) is 23.8 Å². The third-order valence-corrected chi connectivity index (χ3v) is 2.08. The summed E-state index contributed by atoms with van der Waals surface area (Å²) in [6.45, 7) is -0.640. The number of hydrogen-bond donors (Lipinski definition) is 3. The third-order valence-electron chi connectivity index (χ3n) is 2.08. The van der Waals surface area contributed by atoms with Crippen molar-refractivity contribution in [1.82, 2.24) is 5.32 Å². The normalized spacial score (nSPS) is 9.53. The first kappa shape index (κ1) is 14.3. The highest BCUT2D eigenvalue weighted by Gasteiger charge is 2.14. The zero-order valence-electron chi connectivity index (χ0n) is 10.1. The van der Waals surface area contributed by atoms with Crippen LogP contribution in [0.3, 0.4) is 0 Å². The number of rotatable bonds is 4. The molecule has 3 amide bonds. The molecule has 0 saturated heterocycles. The maximum atomic E-state index is 11.7. The van der Waals surface area contributed by atoms with E-state index in [0.717, 1.165) is 0 Å². The lowest BCUT2D eigenvalue weighted by molar-refractivity contribution is -0.123. The molecule has 0 unspecified atom stereocenters. The van der Waals surface area contributed by atoms with Crippen molar-refractivity contribution < 1.29 is 23.9 Å². The van der Waals surface area contributed by atoms with Crippen molar-refractivity contribution in [3.8, 4) is 5.75 Å². The van der Waals surface area contributed by atoms with Crippen LogP contribution < -0.4 is 21.5 Å². The van der Waals surface area contributed by atoms with Gasteiger partial charge in [0.05, 0.1) is 12.7 Å². The predicted molar refractivity (Wildman–Crippen MR) is 65.4 cm³/mol. The molecule has 0 spiro atoms. The van der Waals surface area contributed by atoms with Gasteiger partial charge in [0.15, 0.2) is 6.61 Å². The summed E-state index contributed by atoms with van der Waals surface area (Å²) in [7, 11) is 1.43. The molecule has 0 aliphatic heterocycles. The zero-order valence-corrected chi connectivity index (χ0v) is 10.1. The molecular formula is C11H13N3O5. The largest absolute Gasteiger partial charge is 0.497 e. The number of esters is 1. The van der Waals surface area contributed by atoms with Gasteiger partial charge in [-0.15, -0.1) is 0 Å². The van der Waals surface area contributed by atoms with Crippen LogP contribution in [0.2, 0.25) is 0 Å². The highest BCUT2D eigenvalue weighted by molar-refractivity contribution is 5.98. The number of primary amides is 1. The highest BCUT2D eigenvalue weighted by atomic mass is 16.5. The van der Waals surface area contributed by atoms with Gasteiger partial charge in [-0.25, -0.2) is 9.59 Å². The number of nitrogens with two attached hydrogens (primary N) is 2. The minimum atomic E-state index is -1.03. The SMILES string of the molecule is COc1ccc(N)c(C(=O)OCC(=O)NC(N)=O)c1. The molecule has 1 rings (SSSR count). The van der Waals surface area contributed by atoms with Crippen molar-refractivity contribution >= 4 is 23.6 Å². The van der Waals surface area contributed by atoms with Crippen molar-refractivity contribution in [1.29, 1.82) is 0 Å². The molecule has 5 N–H and O–H groups in total. The summed E-state index contributed by atoms with van der Waals surface area (Å²) in [5.41, 5.74) is 10.6. The summed E-state index contributed by atoms with van der Waals surface area (Å²) in [5.74, 6) is -1.22. The second-order valence-electron chi connectivity index (χ2n) is 3.44. The van der Waals surface area contributed by atoms with Crippen molar-refractivity contribution in [2.75, 3.05) is 19.5 Å². The number of nitrogens with one attached hydrogen (secondary N) is 1. The Morgan fingerprint density at radius 1 is 1.32 bits per heavy atom. The number of benzene rings is 1. The van der Waals surface area contributed by atoms with E-state index < -0.39 is 24.5 Å². The molecule has 0 heterocycles. The molecule has 8 heteroatoms. The Morgan fingerprint density at radius 3 is 2.58 bits per heavy atom. The first-order valence-electron chi connectivity index (χ1n) is 5.14. The van der Waals surface area contributed by atoms with E-state index in [9.17, 15) is 14.4 Å². The molecular weight excluding hydrogens is 254 g/mol. The summed E-state index contributed by atoms with van der Waals surface area (Å²) in [6.07, 6.45) is 0. The lowest BCUT2D eigenvalue weighted by atomic mass is 10.2. The molecule has 8 nitrogen and oxygen atoms in total. The lowest BCUT2D eigenvalue weighted by Crippen LogP contribution is -2.37. The summed E-state index contributed by atoms with van der Waals surface area (Å²) < 4.78 is 9.61. The van der Waals surface area contributed by atoms with Gasteiger partial charge in [-0.05, 0) is 18.2 Å². The van der Waals surface area contributed by atoms with E-state index in [4.69, 9.17) is 16.2 Å². The Hall–Kier alpha value is -2.77. The molecule has 0 aliphatic carbocycles. The third kappa shape index (κ3) is 4.19. The van der Waals surface area contributed by atoms with Crippen LogP contribution in [0.5, 0.6) is 5.75 Å². The number of carbonyl (C=O) groups is 3. The summed E-state index contributed by atoms with van der Waals surface area (Å²) in [5, 5.41) is 1.75. The van der Waals surface area contributed by atoms with Gasteiger partial charge in [-0.1, -0.05) is 0 Å². The fraction of sp³-hybridized carbons (Fsp3) is 0.182.